The number of halogens is 3. The first-order valence-electron chi connectivity index (χ1n) is 3.09. The Morgan fingerprint density at radius 2 is 1.82 bits per heavy atom. The summed E-state index contributed by atoms with van der Waals surface area (Å²) in [5, 5.41) is -2.16. The highest BCUT2D eigenvalue weighted by molar-refractivity contribution is 7.73. The van der Waals surface area contributed by atoms with Gasteiger partial charge in [-0.15, -0.1) is 0 Å². The van der Waals surface area contributed by atoms with Gasteiger partial charge in [-0.05, 0) is 6.42 Å². The van der Waals surface area contributed by atoms with Gasteiger partial charge in [0.05, 0.1) is 0 Å². The van der Waals surface area contributed by atoms with Crippen molar-refractivity contribution in [1.29, 1.82) is 0 Å². The van der Waals surface area contributed by atoms with Gasteiger partial charge in [-0.25, -0.2) is 8.42 Å². The van der Waals surface area contributed by atoms with Crippen molar-refractivity contribution in [3.8, 4) is 0 Å². The van der Waals surface area contributed by atoms with Crippen LogP contribution in [-0.4, -0.2) is 19.8 Å². The third kappa shape index (κ3) is 3.60. The van der Waals surface area contributed by atoms with Gasteiger partial charge in [-0.2, -0.15) is 13.2 Å². The van der Waals surface area contributed by atoms with E-state index in [-0.39, 0.29) is 12.8 Å². The highest BCUT2D eigenvalue weighted by atomic mass is 32.2. The molecule has 0 saturated heterocycles. The molecule has 0 aliphatic carbocycles. The van der Waals surface area contributed by atoms with Crippen molar-refractivity contribution in [2.24, 2.45) is 0 Å². The van der Waals surface area contributed by atoms with E-state index in [1.807, 2.05) is 0 Å². The largest absolute Gasteiger partial charge is 0.405 e. The summed E-state index contributed by atoms with van der Waals surface area (Å²) in [5.41, 5.74) is 0. The van der Waals surface area contributed by atoms with Crippen molar-refractivity contribution in [3.05, 3.63) is 0 Å². The lowest BCUT2D eigenvalue weighted by Gasteiger charge is -2.12. The zero-order chi connectivity index (χ0) is 9.07. The minimum atomic E-state index is -4.61. The third-order valence-electron chi connectivity index (χ3n) is 1.19. The van der Waals surface area contributed by atoms with Crippen molar-refractivity contribution < 1.29 is 21.6 Å². The molecule has 0 aromatic carbocycles. The van der Waals surface area contributed by atoms with Gasteiger partial charge in [0.1, 0.15) is 0 Å². The predicted octanol–water partition coefficient (Wildman–Crippen LogP) is 1.33. The summed E-state index contributed by atoms with van der Waals surface area (Å²) in [6.07, 6.45) is -4.74. The van der Waals surface area contributed by atoms with E-state index < -0.39 is 22.1 Å². The van der Waals surface area contributed by atoms with Crippen LogP contribution in [0.2, 0.25) is 0 Å². The Hall–Kier alpha value is -0.260. The fourth-order valence-corrected chi connectivity index (χ4v) is 1.37. The molecule has 11 heavy (non-hydrogen) atoms. The molecule has 0 saturated carbocycles. The molecule has 0 bridgehead atoms. The molecule has 0 aliphatic rings. The van der Waals surface area contributed by atoms with Crippen LogP contribution < -0.4 is 0 Å². The van der Waals surface area contributed by atoms with Gasteiger partial charge >= 0.3 is 6.18 Å². The van der Waals surface area contributed by atoms with Gasteiger partial charge in [0, 0.05) is 0 Å². The summed E-state index contributed by atoms with van der Waals surface area (Å²) in [6.45, 7) is 1.51. The van der Waals surface area contributed by atoms with Gasteiger partial charge < -0.3 is 0 Å². The summed E-state index contributed by atoms with van der Waals surface area (Å²) in [5.74, 6) is 0. The number of hydrogen-bond acceptors (Lipinski definition) is 2. The molecule has 0 aliphatic heterocycles. The molecule has 68 valence electrons. The topological polar surface area (TPSA) is 34.1 Å². The second-order valence-corrected chi connectivity index (χ2v) is 3.33. The van der Waals surface area contributed by atoms with E-state index in [9.17, 15) is 21.6 Å². The monoisotopic (exact) mass is 190 g/mol. The molecular formula is C5H9F3O2S. The molecule has 1 unspecified atom stereocenters. The summed E-state index contributed by atoms with van der Waals surface area (Å²) in [4.78, 5) is 0. The molecular weight excluding hydrogens is 181 g/mol. The number of hydrogen-bond donors (Lipinski definition) is 1. The van der Waals surface area contributed by atoms with Crippen molar-refractivity contribution >= 4 is 10.7 Å². The van der Waals surface area contributed by atoms with E-state index in [0.29, 0.717) is 0 Å². The smallest absolute Gasteiger partial charge is 0.231 e. The molecule has 1 atom stereocenters. The van der Waals surface area contributed by atoms with Crippen molar-refractivity contribution in [2.45, 2.75) is 31.2 Å². The van der Waals surface area contributed by atoms with Crippen molar-refractivity contribution in [1.82, 2.24) is 0 Å². The van der Waals surface area contributed by atoms with Crippen LogP contribution in [-0.2, 0) is 10.7 Å². The molecule has 0 aromatic heterocycles. The van der Waals surface area contributed by atoms with Crippen LogP contribution in [0.15, 0.2) is 0 Å². The van der Waals surface area contributed by atoms with Gasteiger partial charge in [-0.1, -0.05) is 13.3 Å². The highest BCUT2D eigenvalue weighted by Gasteiger charge is 2.41. The summed E-state index contributed by atoms with van der Waals surface area (Å²) < 4.78 is 55.4. The minimum absolute atomic E-state index is 0.216. The molecule has 0 aromatic rings. The first-order chi connectivity index (χ1) is 4.89. The lowest BCUT2D eigenvalue weighted by Crippen LogP contribution is -2.29. The molecule has 2 nitrogen and oxygen atoms in total. The first kappa shape index (κ1) is 10.7. The van der Waals surface area contributed by atoms with Crippen LogP contribution in [0.3, 0.4) is 0 Å². The Balaban J connectivity index is 4.35. The van der Waals surface area contributed by atoms with Crippen LogP contribution in [0.25, 0.3) is 0 Å². The van der Waals surface area contributed by atoms with E-state index >= 15 is 0 Å². The molecule has 0 rings (SSSR count). The second-order valence-electron chi connectivity index (χ2n) is 2.13. The number of rotatable bonds is 3. The van der Waals surface area contributed by atoms with Crippen LogP contribution in [0, 0.1) is 0 Å². The van der Waals surface area contributed by atoms with E-state index in [4.69, 9.17) is 0 Å². The number of alkyl halides is 3. The summed E-state index contributed by atoms with van der Waals surface area (Å²) in [6, 6.07) is 0. The Kier molecular flexibility index (Phi) is 3.85. The summed E-state index contributed by atoms with van der Waals surface area (Å²) in [7, 11) is -3.38. The third-order valence-corrected chi connectivity index (χ3v) is 2.25. The quantitative estimate of drug-likeness (QED) is 0.681. The zero-order valence-corrected chi connectivity index (χ0v) is 6.78. The van der Waals surface area contributed by atoms with Crippen molar-refractivity contribution in [3.63, 3.8) is 0 Å². The maximum absolute atomic E-state index is 11.8. The summed E-state index contributed by atoms with van der Waals surface area (Å²) >= 11 is 0. The maximum atomic E-state index is 11.8. The zero-order valence-electron chi connectivity index (χ0n) is 5.89. The van der Waals surface area contributed by atoms with Crippen LogP contribution in [0.4, 0.5) is 13.2 Å². The molecule has 0 spiro atoms. The maximum Gasteiger partial charge on any atom is 0.405 e. The fraction of sp³-hybridized carbons (Fsp3) is 1.00. The standard InChI is InChI=1S/C5H9F3O2S/c1-2-3-4(11(9)10)5(6,7)8/h4,11H,2-3H2,1H3. The average Bonchev–Trinajstić information content (AvgIpc) is 1.79. The van der Waals surface area contributed by atoms with E-state index in [2.05, 4.69) is 0 Å². The fourth-order valence-electron chi connectivity index (χ4n) is 0.662. The van der Waals surface area contributed by atoms with Crippen molar-refractivity contribution in [2.75, 3.05) is 0 Å². The van der Waals surface area contributed by atoms with Gasteiger partial charge in [0.25, 0.3) is 0 Å². The SMILES string of the molecule is CCCC([SH](=O)=O)C(F)(F)F. The molecule has 0 radical (unpaired) electrons. The van der Waals surface area contributed by atoms with E-state index in [1.165, 1.54) is 6.92 Å². The average molecular weight is 190 g/mol. The van der Waals surface area contributed by atoms with E-state index in [1.54, 1.807) is 0 Å². The molecule has 0 N–H and O–H groups in total. The van der Waals surface area contributed by atoms with E-state index in [0.717, 1.165) is 0 Å². The van der Waals surface area contributed by atoms with Gasteiger partial charge in [0.15, 0.2) is 16.0 Å². The molecule has 6 heteroatoms. The van der Waals surface area contributed by atoms with Crippen LogP contribution in [0.1, 0.15) is 19.8 Å². The predicted molar refractivity (Wildman–Crippen MR) is 35.1 cm³/mol. The lowest BCUT2D eigenvalue weighted by atomic mass is 10.2. The Morgan fingerprint density at radius 1 is 1.36 bits per heavy atom. The Labute approximate surface area is 64.4 Å². The molecule has 0 amide bonds. The lowest BCUT2D eigenvalue weighted by molar-refractivity contribution is -0.130. The van der Waals surface area contributed by atoms with Gasteiger partial charge in [-0.3, -0.25) is 0 Å². The van der Waals surface area contributed by atoms with Crippen LogP contribution >= 0.6 is 0 Å². The minimum Gasteiger partial charge on any atom is -0.231 e. The Morgan fingerprint density at radius 3 is 1.91 bits per heavy atom. The number of thiol groups is 1. The molecule has 0 heterocycles. The van der Waals surface area contributed by atoms with Crippen LogP contribution in [0.5, 0.6) is 0 Å². The second kappa shape index (κ2) is 3.94. The van der Waals surface area contributed by atoms with Gasteiger partial charge in [0.2, 0.25) is 0 Å². The normalized spacial score (nSPS) is 15.4. The first-order valence-corrected chi connectivity index (χ1v) is 4.34. The molecule has 0 fully saturated rings. The highest BCUT2D eigenvalue weighted by Crippen LogP contribution is 2.25. The Bertz CT molecular complexity index is 177.